The Morgan fingerprint density at radius 3 is 2.52 bits per heavy atom. The Morgan fingerprint density at radius 1 is 1.22 bits per heavy atom. The summed E-state index contributed by atoms with van der Waals surface area (Å²) in [4.78, 5) is 12.2. The number of hydrogen-bond acceptors (Lipinski definition) is 7. The van der Waals surface area contributed by atoms with E-state index in [2.05, 4.69) is 15.5 Å². The molecule has 1 fully saturated rings. The van der Waals surface area contributed by atoms with Crippen molar-refractivity contribution in [2.24, 2.45) is 0 Å². The summed E-state index contributed by atoms with van der Waals surface area (Å²) in [7, 11) is -3.55. The Hall–Kier alpha value is -1.88. The minimum atomic E-state index is -3.55. The molecule has 0 spiro atoms. The molecule has 10 heteroatoms. The molecule has 0 radical (unpaired) electrons. The number of amides is 1. The van der Waals surface area contributed by atoms with E-state index in [1.165, 1.54) is 45.4 Å². The van der Waals surface area contributed by atoms with Crippen molar-refractivity contribution in [1.82, 2.24) is 14.5 Å². The molecule has 8 nitrogen and oxygen atoms in total. The van der Waals surface area contributed by atoms with Crippen LogP contribution in [0, 0.1) is 0 Å². The summed E-state index contributed by atoms with van der Waals surface area (Å²) in [5.74, 6) is -0.364. The maximum atomic E-state index is 12.5. The molecule has 23 heavy (non-hydrogen) atoms. The number of morpholine rings is 1. The van der Waals surface area contributed by atoms with Gasteiger partial charge in [0.1, 0.15) is 5.51 Å². The molecule has 2 aromatic rings. The number of rotatable bonds is 4. The summed E-state index contributed by atoms with van der Waals surface area (Å²) in [6.07, 6.45) is 0. The van der Waals surface area contributed by atoms with Crippen molar-refractivity contribution < 1.29 is 17.9 Å². The van der Waals surface area contributed by atoms with E-state index in [0.717, 1.165) is 0 Å². The first-order valence-corrected chi connectivity index (χ1v) is 9.15. The van der Waals surface area contributed by atoms with Crippen molar-refractivity contribution in [3.63, 3.8) is 0 Å². The number of benzene rings is 1. The second-order valence-electron chi connectivity index (χ2n) is 4.74. The Bertz CT molecular complexity index is 769. The number of ether oxygens (including phenoxy) is 1. The topological polar surface area (TPSA) is 101 Å². The van der Waals surface area contributed by atoms with E-state index in [9.17, 15) is 13.2 Å². The molecular formula is C13H14N4O4S2. The number of anilines is 1. The summed E-state index contributed by atoms with van der Waals surface area (Å²) < 4.78 is 31.5. The minimum Gasteiger partial charge on any atom is -0.379 e. The second kappa shape index (κ2) is 6.71. The van der Waals surface area contributed by atoms with Gasteiger partial charge >= 0.3 is 0 Å². The van der Waals surface area contributed by atoms with Gasteiger partial charge in [0.05, 0.1) is 18.1 Å². The lowest BCUT2D eigenvalue weighted by Gasteiger charge is -2.26. The van der Waals surface area contributed by atoms with Crippen LogP contribution in [0.3, 0.4) is 0 Å². The van der Waals surface area contributed by atoms with Gasteiger partial charge in [0, 0.05) is 18.7 Å². The third-order valence-corrected chi connectivity index (χ3v) is 5.82. The molecule has 1 N–H and O–H groups in total. The zero-order valence-electron chi connectivity index (χ0n) is 12.0. The lowest BCUT2D eigenvalue weighted by atomic mass is 10.2. The summed E-state index contributed by atoms with van der Waals surface area (Å²) in [5.41, 5.74) is 1.86. The number of hydrogen-bond donors (Lipinski definition) is 1. The van der Waals surface area contributed by atoms with Gasteiger partial charge in [-0.15, -0.1) is 10.2 Å². The number of sulfonamides is 1. The third kappa shape index (κ3) is 3.55. The molecule has 3 rings (SSSR count). The predicted octanol–water partition coefficient (Wildman–Crippen LogP) is 0.811. The van der Waals surface area contributed by atoms with Crippen LogP contribution in [0.5, 0.6) is 0 Å². The highest BCUT2D eigenvalue weighted by Crippen LogP contribution is 2.18. The summed E-state index contributed by atoms with van der Waals surface area (Å²) >= 11 is 1.20. The first-order valence-electron chi connectivity index (χ1n) is 6.83. The third-order valence-electron chi connectivity index (χ3n) is 3.30. The Labute approximate surface area is 137 Å². The Balaban J connectivity index is 1.74. The van der Waals surface area contributed by atoms with Crippen molar-refractivity contribution >= 4 is 32.4 Å². The minimum absolute atomic E-state index is 0.159. The molecule has 0 atom stereocenters. The van der Waals surface area contributed by atoms with E-state index in [1.807, 2.05) is 0 Å². The number of aromatic nitrogens is 2. The van der Waals surface area contributed by atoms with Crippen LogP contribution in [0.25, 0.3) is 0 Å². The number of carbonyl (C=O) groups is 1. The van der Waals surface area contributed by atoms with Gasteiger partial charge in [-0.25, -0.2) is 8.42 Å². The molecule has 1 aromatic heterocycles. The first kappa shape index (κ1) is 16.0. The normalized spacial score (nSPS) is 16.2. The van der Waals surface area contributed by atoms with E-state index in [-0.39, 0.29) is 10.8 Å². The van der Waals surface area contributed by atoms with Crippen molar-refractivity contribution in [2.75, 3.05) is 31.6 Å². The number of nitrogens with zero attached hydrogens (tertiary/aromatic N) is 3. The van der Waals surface area contributed by atoms with Crippen molar-refractivity contribution in [1.29, 1.82) is 0 Å². The van der Waals surface area contributed by atoms with Gasteiger partial charge < -0.3 is 4.74 Å². The fourth-order valence-corrected chi connectivity index (χ4v) is 3.96. The van der Waals surface area contributed by atoms with E-state index in [0.29, 0.717) is 37.0 Å². The highest BCUT2D eigenvalue weighted by Gasteiger charge is 2.26. The largest absolute Gasteiger partial charge is 0.379 e. The van der Waals surface area contributed by atoms with Crippen molar-refractivity contribution in [3.05, 3.63) is 35.3 Å². The van der Waals surface area contributed by atoms with Crippen LogP contribution in [0.2, 0.25) is 0 Å². The quantitative estimate of drug-likeness (QED) is 0.872. The van der Waals surface area contributed by atoms with Crippen LogP contribution < -0.4 is 5.32 Å². The molecule has 0 aliphatic carbocycles. The fourth-order valence-electron chi connectivity index (χ4n) is 2.11. The summed E-state index contributed by atoms with van der Waals surface area (Å²) in [6, 6.07) is 5.81. The zero-order chi connectivity index (χ0) is 16.3. The summed E-state index contributed by atoms with van der Waals surface area (Å²) in [5, 5.41) is 10.3. The van der Waals surface area contributed by atoms with Crippen LogP contribution in [0.15, 0.2) is 34.7 Å². The van der Waals surface area contributed by atoms with Gasteiger partial charge in [-0.05, 0) is 24.3 Å². The average Bonchev–Trinajstić information content (AvgIpc) is 3.09. The molecule has 0 bridgehead atoms. The lowest BCUT2D eigenvalue weighted by molar-refractivity contribution is 0.0730. The highest BCUT2D eigenvalue weighted by molar-refractivity contribution is 7.89. The molecular weight excluding hydrogens is 340 g/mol. The Kier molecular flexibility index (Phi) is 4.66. The monoisotopic (exact) mass is 354 g/mol. The van der Waals surface area contributed by atoms with E-state index < -0.39 is 10.0 Å². The second-order valence-corrected chi connectivity index (χ2v) is 7.51. The maximum absolute atomic E-state index is 12.5. The summed E-state index contributed by atoms with van der Waals surface area (Å²) in [6.45, 7) is 1.45. The first-order chi connectivity index (χ1) is 11.1. The maximum Gasteiger partial charge on any atom is 0.257 e. The van der Waals surface area contributed by atoms with Crippen LogP contribution in [0.4, 0.5) is 5.13 Å². The van der Waals surface area contributed by atoms with E-state index in [1.54, 1.807) is 0 Å². The fraction of sp³-hybridized carbons (Fsp3) is 0.308. The molecule has 2 heterocycles. The molecule has 0 saturated carbocycles. The molecule has 1 aliphatic heterocycles. The molecule has 1 aromatic carbocycles. The zero-order valence-corrected chi connectivity index (χ0v) is 13.6. The molecule has 1 amide bonds. The molecule has 1 aliphatic rings. The van der Waals surface area contributed by atoms with E-state index in [4.69, 9.17) is 4.74 Å². The van der Waals surface area contributed by atoms with E-state index >= 15 is 0 Å². The Morgan fingerprint density at radius 2 is 1.91 bits per heavy atom. The average molecular weight is 354 g/mol. The van der Waals surface area contributed by atoms with Crippen LogP contribution in [-0.2, 0) is 14.8 Å². The van der Waals surface area contributed by atoms with Gasteiger partial charge in [-0.3, -0.25) is 10.1 Å². The van der Waals surface area contributed by atoms with Crippen molar-refractivity contribution in [2.45, 2.75) is 4.90 Å². The van der Waals surface area contributed by atoms with Gasteiger partial charge in [0.25, 0.3) is 5.91 Å². The molecule has 1 saturated heterocycles. The van der Waals surface area contributed by atoms with Crippen LogP contribution in [0.1, 0.15) is 10.4 Å². The van der Waals surface area contributed by atoms with Gasteiger partial charge in [-0.2, -0.15) is 4.31 Å². The SMILES string of the molecule is O=C(Nc1nncs1)c1ccc(S(=O)(=O)N2CCOCC2)cc1. The number of nitrogens with one attached hydrogen (secondary N) is 1. The van der Waals surface area contributed by atoms with Gasteiger partial charge in [-0.1, -0.05) is 11.3 Å². The number of carbonyl (C=O) groups excluding carboxylic acids is 1. The van der Waals surface area contributed by atoms with Crippen LogP contribution in [-0.4, -0.2) is 55.1 Å². The predicted molar refractivity (Wildman–Crippen MR) is 83.9 cm³/mol. The molecule has 0 unspecified atom stereocenters. The smallest absolute Gasteiger partial charge is 0.257 e. The van der Waals surface area contributed by atoms with Gasteiger partial charge in [0.2, 0.25) is 15.2 Å². The van der Waals surface area contributed by atoms with Crippen LogP contribution >= 0.6 is 11.3 Å². The van der Waals surface area contributed by atoms with Gasteiger partial charge in [0.15, 0.2) is 0 Å². The van der Waals surface area contributed by atoms with Crippen molar-refractivity contribution in [3.8, 4) is 0 Å². The highest BCUT2D eigenvalue weighted by atomic mass is 32.2. The standard InChI is InChI=1S/C13H14N4O4S2/c18-12(15-13-16-14-9-22-13)10-1-3-11(4-2-10)23(19,20)17-5-7-21-8-6-17/h1-4,9H,5-8H2,(H,15,16,18). The molecule has 122 valence electrons. The lowest BCUT2D eigenvalue weighted by Crippen LogP contribution is -2.40.